The van der Waals surface area contributed by atoms with Gasteiger partial charge in [-0.1, -0.05) is 12.1 Å². The lowest BCUT2D eigenvalue weighted by atomic mass is 9.97. The van der Waals surface area contributed by atoms with E-state index in [4.69, 9.17) is 15.2 Å². The van der Waals surface area contributed by atoms with Gasteiger partial charge in [0.2, 0.25) is 0 Å². The molecular weight excluding hydrogens is 497 g/mol. The number of nitrogens with two attached hydrogens (primary N) is 1. The Morgan fingerprint density at radius 2 is 1.78 bits per heavy atom. The number of benzene rings is 2. The fourth-order valence-electron chi connectivity index (χ4n) is 3.89. The molecule has 7 nitrogen and oxygen atoms in total. The number of hydrogen-bond acceptors (Lipinski definition) is 6. The maximum absolute atomic E-state index is 13.6. The minimum atomic E-state index is -4.71. The van der Waals surface area contributed by atoms with E-state index >= 15 is 0 Å². The fourth-order valence-corrected chi connectivity index (χ4v) is 5.44. The van der Waals surface area contributed by atoms with Crippen molar-refractivity contribution in [3.63, 3.8) is 0 Å². The Bertz CT molecular complexity index is 1230. The first-order chi connectivity index (χ1) is 16.3. The number of ether oxygens (including phenoxy) is 2. The van der Waals surface area contributed by atoms with Crippen LogP contribution in [0.3, 0.4) is 0 Å². The van der Waals surface area contributed by atoms with Crippen LogP contribution in [0.5, 0.6) is 5.75 Å². The van der Waals surface area contributed by atoms with Crippen molar-refractivity contribution in [1.82, 2.24) is 0 Å². The number of sulfonamides is 1. The topological polar surface area (TPSA) is 98.9 Å². The van der Waals surface area contributed by atoms with Crippen LogP contribution in [0.4, 0.5) is 18.9 Å². The van der Waals surface area contributed by atoms with E-state index in [0.29, 0.717) is 18.1 Å². The van der Waals surface area contributed by atoms with Gasteiger partial charge in [0.15, 0.2) is 0 Å². The molecule has 3 rings (SSSR count). The number of nitrogens with zero attached hydrogens (tertiary/aromatic N) is 1. The molecular formula is C25H31F3N2O5S. The second kappa shape index (κ2) is 9.59. The van der Waals surface area contributed by atoms with Crippen LogP contribution in [0.25, 0.3) is 0 Å². The van der Waals surface area contributed by atoms with Crippen LogP contribution in [0.1, 0.15) is 52.2 Å². The number of carbonyl (C=O) groups is 1. The second-order valence-corrected chi connectivity index (χ2v) is 12.4. The Kier molecular flexibility index (Phi) is 7.40. The molecule has 198 valence electrons. The van der Waals surface area contributed by atoms with E-state index in [0.717, 1.165) is 22.5 Å². The molecule has 0 aliphatic carbocycles. The summed E-state index contributed by atoms with van der Waals surface area (Å²) in [7, 11) is -4.42. The van der Waals surface area contributed by atoms with Crippen LogP contribution in [0.2, 0.25) is 0 Å². The molecule has 0 amide bonds. The smallest absolute Gasteiger partial charge is 0.416 e. The number of hydrogen-bond donors (Lipinski definition) is 1. The molecule has 2 aromatic rings. The van der Waals surface area contributed by atoms with Crippen molar-refractivity contribution in [2.75, 3.05) is 10.8 Å². The van der Waals surface area contributed by atoms with Crippen LogP contribution in [-0.4, -0.2) is 38.2 Å². The van der Waals surface area contributed by atoms with Crippen molar-refractivity contribution in [2.45, 2.75) is 75.8 Å². The molecule has 0 bridgehead atoms. The number of anilines is 1. The standard InChI is InChI=1S/C25H31F3N2O5S/c1-23(2,3)35-22(31)12-16-9-10-21-20(11-16)30(15-18(34-21)14-24(4,5)29)36(32,33)19-8-6-7-17(13-19)25(26,27)28/h6-11,13,18H,12,14-15,29H2,1-5H3/t18-/m0/s1. The lowest BCUT2D eigenvalue weighted by molar-refractivity contribution is -0.153. The molecule has 0 spiro atoms. The van der Waals surface area contributed by atoms with Crippen molar-refractivity contribution >= 4 is 21.7 Å². The van der Waals surface area contributed by atoms with Crippen LogP contribution in [0, 0.1) is 0 Å². The van der Waals surface area contributed by atoms with Crippen molar-refractivity contribution in [3.05, 3.63) is 53.6 Å². The van der Waals surface area contributed by atoms with E-state index in [1.807, 2.05) is 0 Å². The highest BCUT2D eigenvalue weighted by Gasteiger charge is 2.38. The number of carbonyl (C=O) groups excluding carboxylic acids is 1. The highest BCUT2D eigenvalue weighted by Crippen LogP contribution is 2.40. The third-order valence-electron chi connectivity index (χ3n) is 5.23. The van der Waals surface area contributed by atoms with Gasteiger partial charge in [0.1, 0.15) is 17.5 Å². The summed E-state index contributed by atoms with van der Waals surface area (Å²) in [6, 6.07) is 8.23. The van der Waals surface area contributed by atoms with Crippen molar-refractivity contribution in [1.29, 1.82) is 0 Å². The van der Waals surface area contributed by atoms with E-state index in [9.17, 15) is 26.4 Å². The second-order valence-electron chi connectivity index (χ2n) is 10.6. The molecule has 1 heterocycles. The maximum atomic E-state index is 13.6. The van der Waals surface area contributed by atoms with Crippen LogP contribution < -0.4 is 14.8 Å². The van der Waals surface area contributed by atoms with Gasteiger partial charge in [-0.15, -0.1) is 0 Å². The number of rotatable bonds is 6. The zero-order valence-electron chi connectivity index (χ0n) is 20.8. The summed E-state index contributed by atoms with van der Waals surface area (Å²) in [5, 5.41) is 0. The zero-order chi connectivity index (χ0) is 27.1. The molecule has 1 atom stereocenters. The quantitative estimate of drug-likeness (QED) is 0.547. The minimum Gasteiger partial charge on any atom is -0.486 e. The summed E-state index contributed by atoms with van der Waals surface area (Å²) in [5.41, 5.74) is 4.25. The Hall–Kier alpha value is -2.79. The van der Waals surface area contributed by atoms with E-state index in [2.05, 4.69) is 0 Å². The van der Waals surface area contributed by atoms with E-state index in [-0.39, 0.29) is 24.4 Å². The van der Waals surface area contributed by atoms with Gasteiger partial charge < -0.3 is 15.2 Å². The third kappa shape index (κ3) is 6.91. The molecule has 0 saturated carbocycles. The first-order valence-corrected chi connectivity index (χ1v) is 12.8. The maximum Gasteiger partial charge on any atom is 0.416 e. The van der Waals surface area contributed by atoms with Gasteiger partial charge in [0.05, 0.1) is 29.1 Å². The Morgan fingerprint density at radius 1 is 1.11 bits per heavy atom. The molecule has 0 fully saturated rings. The molecule has 2 N–H and O–H groups in total. The van der Waals surface area contributed by atoms with E-state index in [1.54, 1.807) is 46.8 Å². The van der Waals surface area contributed by atoms with Crippen LogP contribution >= 0.6 is 0 Å². The van der Waals surface area contributed by atoms with Crippen LogP contribution in [0.15, 0.2) is 47.4 Å². The highest BCUT2D eigenvalue weighted by atomic mass is 32.2. The Labute approximate surface area is 209 Å². The summed E-state index contributed by atoms with van der Waals surface area (Å²) in [4.78, 5) is 11.8. The van der Waals surface area contributed by atoms with Gasteiger partial charge in [0, 0.05) is 12.0 Å². The van der Waals surface area contributed by atoms with Gasteiger partial charge in [0.25, 0.3) is 10.0 Å². The van der Waals surface area contributed by atoms with Crippen molar-refractivity contribution in [2.24, 2.45) is 5.73 Å². The largest absolute Gasteiger partial charge is 0.486 e. The molecule has 0 saturated heterocycles. The average Bonchev–Trinajstić information content (AvgIpc) is 2.70. The lowest BCUT2D eigenvalue weighted by Crippen LogP contribution is -2.48. The molecule has 1 aliphatic heterocycles. The lowest BCUT2D eigenvalue weighted by Gasteiger charge is -2.38. The van der Waals surface area contributed by atoms with Gasteiger partial charge >= 0.3 is 12.1 Å². The Balaban J connectivity index is 2.05. The summed E-state index contributed by atoms with van der Waals surface area (Å²) in [6.45, 7) is 8.56. The monoisotopic (exact) mass is 528 g/mol. The first-order valence-electron chi connectivity index (χ1n) is 11.4. The minimum absolute atomic E-state index is 0.124. The molecule has 36 heavy (non-hydrogen) atoms. The summed E-state index contributed by atoms with van der Waals surface area (Å²) < 4.78 is 79.5. The normalized spacial score (nSPS) is 16.8. The van der Waals surface area contributed by atoms with Crippen molar-refractivity contribution in [3.8, 4) is 5.75 Å². The summed E-state index contributed by atoms with van der Waals surface area (Å²) in [5.74, 6) is -0.284. The average molecular weight is 529 g/mol. The SMILES string of the molecule is CC(C)(N)C[C@H]1CN(S(=O)(=O)c2cccc(C(F)(F)F)c2)c2cc(CC(=O)OC(C)(C)C)ccc2O1. The predicted molar refractivity (Wildman–Crippen MR) is 129 cm³/mol. The first kappa shape index (κ1) is 27.8. The predicted octanol–water partition coefficient (Wildman–Crippen LogP) is 4.67. The van der Waals surface area contributed by atoms with Gasteiger partial charge in [-0.3, -0.25) is 9.10 Å². The summed E-state index contributed by atoms with van der Waals surface area (Å²) in [6.07, 6.45) is -5.18. The molecule has 11 heteroatoms. The zero-order valence-corrected chi connectivity index (χ0v) is 21.7. The molecule has 1 aliphatic rings. The molecule has 0 unspecified atom stereocenters. The Morgan fingerprint density at radius 3 is 2.36 bits per heavy atom. The van der Waals surface area contributed by atoms with Crippen molar-refractivity contribution < 1.29 is 35.9 Å². The number of esters is 1. The number of halogens is 3. The van der Waals surface area contributed by atoms with Gasteiger partial charge in [-0.05, 0) is 70.5 Å². The number of fused-ring (bicyclic) bond motifs is 1. The van der Waals surface area contributed by atoms with Gasteiger partial charge in [-0.25, -0.2) is 8.42 Å². The molecule has 2 aromatic carbocycles. The fraction of sp³-hybridized carbons (Fsp3) is 0.480. The molecule has 0 aromatic heterocycles. The van der Waals surface area contributed by atoms with Gasteiger partial charge in [-0.2, -0.15) is 13.2 Å². The van der Waals surface area contributed by atoms with E-state index in [1.165, 1.54) is 6.07 Å². The van der Waals surface area contributed by atoms with Crippen LogP contribution in [-0.2, 0) is 32.2 Å². The van der Waals surface area contributed by atoms with E-state index < -0.39 is 49.9 Å². The third-order valence-corrected chi connectivity index (χ3v) is 7.00. The summed E-state index contributed by atoms with van der Waals surface area (Å²) >= 11 is 0. The number of alkyl halides is 3. The molecule has 0 radical (unpaired) electrons. The highest BCUT2D eigenvalue weighted by molar-refractivity contribution is 7.92.